The van der Waals surface area contributed by atoms with E-state index in [9.17, 15) is 0 Å². The Bertz CT molecular complexity index is 9330. The molecule has 0 saturated heterocycles. The highest BCUT2D eigenvalue weighted by molar-refractivity contribution is 6.26. The maximum atomic E-state index is 7.18. The minimum absolute atomic E-state index is 0.845. The number of hydrogen-bond acceptors (Lipinski definition) is 4. The van der Waals surface area contributed by atoms with Crippen LogP contribution < -0.4 is 9.80 Å². The van der Waals surface area contributed by atoms with E-state index in [1.54, 1.807) is 0 Å². The summed E-state index contributed by atoms with van der Waals surface area (Å²) in [6.45, 7) is 0. The Morgan fingerprint density at radius 2 is 0.393 bits per heavy atom. The van der Waals surface area contributed by atoms with Gasteiger partial charge in [0.05, 0.1) is 33.4 Å². The fraction of sp³-hybridized carbons (Fsp3) is 0. The Balaban J connectivity index is 0.000000145. The van der Waals surface area contributed by atoms with Crippen LogP contribution >= 0.6 is 0 Å². The Morgan fingerprint density at radius 1 is 0.150 bits per heavy atom. The highest BCUT2D eigenvalue weighted by Crippen LogP contribution is 2.51. The molecule has 6 nitrogen and oxygen atoms in total. The molecule has 4 aromatic heterocycles. The smallest absolute Gasteiger partial charge is 0.159 e. The summed E-state index contributed by atoms with van der Waals surface area (Å²) in [7, 11) is 0. The maximum Gasteiger partial charge on any atom is 0.159 e. The van der Waals surface area contributed by atoms with Gasteiger partial charge in [-0.2, -0.15) is 0 Å². The molecule has 27 rings (SSSR count). The summed E-state index contributed by atoms with van der Waals surface area (Å²) in [4.78, 5) is 4.67. The number of furan rings is 2. The van der Waals surface area contributed by atoms with Crippen molar-refractivity contribution in [3.8, 4) is 112 Å². The first-order valence-electron chi connectivity index (χ1n) is 47.9. The zero-order valence-corrected chi connectivity index (χ0v) is 76.4. The summed E-state index contributed by atoms with van der Waals surface area (Å²) in [5.74, 6) is 0. The molecule has 0 unspecified atom stereocenters. The number of hydrogen-bond donors (Lipinski definition) is 0. The molecule has 0 aliphatic heterocycles. The third-order valence-corrected chi connectivity index (χ3v) is 28.0. The van der Waals surface area contributed by atoms with E-state index in [0.29, 0.717) is 0 Å². The normalized spacial score (nSPS) is 11.6. The molecule has 0 atom stereocenters. The Hall–Kier alpha value is -18.6. The quantitative estimate of drug-likeness (QED) is 0.0911. The second kappa shape index (κ2) is 35.0. The zero-order valence-electron chi connectivity index (χ0n) is 76.4. The van der Waals surface area contributed by atoms with Gasteiger partial charge in [-0.15, -0.1) is 0 Å². The molecule has 4 heterocycles. The van der Waals surface area contributed by atoms with Gasteiger partial charge in [-0.25, -0.2) is 0 Å². The van der Waals surface area contributed by atoms with Gasteiger partial charge in [0.15, 0.2) is 11.2 Å². The first-order chi connectivity index (χ1) is 69.4. The van der Waals surface area contributed by atoms with E-state index in [1.165, 1.54) is 121 Å². The monoisotopic (exact) mass is 1780 g/mol. The third kappa shape index (κ3) is 14.7. The van der Waals surface area contributed by atoms with Gasteiger partial charge in [0.2, 0.25) is 0 Å². The number of nitrogens with zero attached hydrogens (tertiary/aromatic N) is 4. The summed E-state index contributed by atoms with van der Waals surface area (Å²) in [6.07, 6.45) is 0. The lowest BCUT2D eigenvalue weighted by Gasteiger charge is -2.26. The lowest BCUT2D eigenvalue weighted by atomic mass is 9.96. The van der Waals surface area contributed by atoms with E-state index in [4.69, 9.17) is 8.83 Å². The molecule has 0 aliphatic carbocycles. The highest BCUT2D eigenvalue weighted by Gasteiger charge is 2.27. The van der Waals surface area contributed by atoms with Crippen LogP contribution in [0.15, 0.2) is 543 Å². The number of para-hydroxylation sites is 5. The number of fused-ring (bicyclic) bond motifs is 16. The lowest BCUT2D eigenvalue weighted by Crippen LogP contribution is -2.10. The van der Waals surface area contributed by atoms with Crippen LogP contribution in [-0.4, -0.2) is 9.13 Å². The minimum atomic E-state index is 0.845. The first-order valence-corrected chi connectivity index (χ1v) is 47.9. The zero-order chi connectivity index (χ0) is 92.5. The Kier molecular flexibility index (Phi) is 20.5. The van der Waals surface area contributed by atoms with Crippen LogP contribution in [-0.2, 0) is 0 Å². The first kappa shape index (κ1) is 82.1. The average Bonchev–Trinajstić information content (AvgIpc) is 1.57. The minimum Gasteiger partial charge on any atom is -0.453 e. The van der Waals surface area contributed by atoms with Gasteiger partial charge >= 0.3 is 0 Å². The molecule has 23 aromatic carbocycles. The standard InChI is InChI=1S/C70H46N2O.C64H42N2O/c1-4-15-47(16-5-1)50-31-38-57(39-32-50)71(66-26-14-24-63-68-60-22-11-10-21-56(60)45-64(70(68)73-69(63)66)54-19-8-3-9-20-54)58-40-33-52(34-41-58)49-27-29-53(30-28-49)55-37-44-62-61-23-12-13-25-65(61)72(67(62)46-55)59-42-35-51(36-43-59)48-17-6-2-7-18-48;1-4-15-43(16-5-1)45-31-36-52(37-32-45)65(60-26-14-24-57-62-54-22-11-10-19-50(54)41-58(64(62)67-63(57)60)48-17-6-2-7-18-48)53-38-33-46(34-39-53)44-27-29-47(30-28-44)49-35-40-56-55-23-12-13-25-59(55)66(61(56)42-49)51-20-8-3-9-21-51/h1-46H;1-42H. The fourth-order valence-corrected chi connectivity index (χ4v) is 21.2. The highest BCUT2D eigenvalue weighted by atomic mass is 16.3. The average molecular weight is 1790 g/mol. The molecular formula is C134H88N4O2. The SMILES string of the molecule is c1ccc(-c2ccc(N(c3ccc(-c4ccc(-c5ccc6c7ccccc7n(-c7ccc(-c8ccccc8)cc7)c6c5)cc4)cc3)c3cccc4c3oc3c(-c5ccccc5)cc5ccccc5c34)cc2)cc1.c1ccc(-c2ccc(N(c3ccc(-c4ccc(-c5ccc6c7ccccc7n(-c7ccccc7)c6c5)cc4)cc3)c3cccc4c3oc3c(-c5ccccc5)cc5ccccc5c34)cc2)cc1. The van der Waals surface area contributed by atoms with Crippen LogP contribution in [0.25, 0.3) is 221 Å². The molecule has 0 saturated carbocycles. The van der Waals surface area contributed by atoms with Gasteiger partial charge in [-0.3, -0.25) is 0 Å². The number of rotatable bonds is 17. The van der Waals surface area contributed by atoms with Crippen molar-refractivity contribution in [3.63, 3.8) is 0 Å². The number of aromatic nitrogens is 2. The maximum absolute atomic E-state index is 7.18. The lowest BCUT2D eigenvalue weighted by molar-refractivity contribution is 0.670. The predicted molar refractivity (Wildman–Crippen MR) is 589 cm³/mol. The van der Waals surface area contributed by atoms with Crippen molar-refractivity contribution < 1.29 is 8.83 Å². The second-order valence-electron chi connectivity index (χ2n) is 36.1. The number of anilines is 6. The van der Waals surface area contributed by atoms with Crippen LogP contribution in [0.3, 0.4) is 0 Å². The van der Waals surface area contributed by atoms with Gasteiger partial charge in [-0.05, 0) is 232 Å². The van der Waals surface area contributed by atoms with Gasteiger partial charge < -0.3 is 27.8 Å². The van der Waals surface area contributed by atoms with Crippen molar-refractivity contribution in [2.45, 2.75) is 0 Å². The van der Waals surface area contributed by atoms with E-state index in [2.05, 4.69) is 553 Å². The van der Waals surface area contributed by atoms with Crippen molar-refractivity contribution in [2.75, 3.05) is 9.80 Å². The Morgan fingerprint density at radius 3 is 0.736 bits per heavy atom. The second-order valence-corrected chi connectivity index (χ2v) is 36.1. The van der Waals surface area contributed by atoms with E-state index < -0.39 is 0 Å². The molecule has 0 aliphatic rings. The third-order valence-electron chi connectivity index (χ3n) is 28.0. The van der Waals surface area contributed by atoms with Crippen LogP contribution in [0.4, 0.5) is 34.1 Å². The summed E-state index contributed by atoms with van der Waals surface area (Å²) in [6, 6.07) is 192. The van der Waals surface area contributed by atoms with Crippen LogP contribution in [0.1, 0.15) is 0 Å². The molecule has 140 heavy (non-hydrogen) atoms. The van der Waals surface area contributed by atoms with Crippen molar-refractivity contribution in [1.29, 1.82) is 0 Å². The van der Waals surface area contributed by atoms with Gasteiger partial charge in [0, 0.05) is 88.3 Å². The van der Waals surface area contributed by atoms with Crippen LogP contribution in [0, 0.1) is 0 Å². The van der Waals surface area contributed by atoms with E-state index in [0.717, 1.165) is 134 Å². The van der Waals surface area contributed by atoms with Crippen molar-refractivity contribution in [2.24, 2.45) is 0 Å². The topological polar surface area (TPSA) is 42.6 Å². The van der Waals surface area contributed by atoms with Gasteiger partial charge in [0.25, 0.3) is 0 Å². The van der Waals surface area contributed by atoms with E-state index in [1.807, 2.05) is 0 Å². The Labute approximate surface area is 810 Å². The molecular weight excluding hydrogens is 1700 g/mol. The molecule has 0 amide bonds. The van der Waals surface area contributed by atoms with Crippen molar-refractivity contribution in [3.05, 3.63) is 534 Å². The summed E-state index contributed by atoms with van der Waals surface area (Å²) in [5.41, 5.74) is 37.6. The van der Waals surface area contributed by atoms with Gasteiger partial charge in [0.1, 0.15) is 11.2 Å². The van der Waals surface area contributed by atoms with Crippen molar-refractivity contribution >= 4 is 143 Å². The molecule has 6 heteroatoms. The molecule has 0 bridgehead atoms. The number of benzene rings is 23. The molecule has 656 valence electrons. The molecule has 0 fully saturated rings. The van der Waals surface area contributed by atoms with Crippen molar-refractivity contribution in [1.82, 2.24) is 9.13 Å². The molecule has 0 radical (unpaired) electrons. The van der Waals surface area contributed by atoms with Gasteiger partial charge in [-0.1, -0.05) is 413 Å². The fourth-order valence-electron chi connectivity index (χ4n) is 21.2. The summed E-state index contributed by atoms with van der Waals surface area (Å²) in [5, 5.41) is 14.2. The molecule has 0 spiro atoms. The van der Waals surface area contributed by atoms with E-state index >= 15 is 0 Å². The molecule has 27 aromatic rings. The predicted octanol–water partition coefficient (Wildman–Crippen LogP) is 37.6. The summed E-state index contributed by atoms with van der Waals surface area (Å²) < 4.78 is 19.1. The summed E-state index contributed by atoms with van der Waals surface area (Å²) >= 11 is 0. The molecule has 0 N–H and O–H groups in total. The van der Waals surface area contributed by atoms with E-state index in [-0.39, 0.29) is 0 Å². The van der Waals surface area contributed by atoms with Crippen LogP contribution in [0.5, 0.6) is 0 Å². The largest absolute Gasteiger partial charge is 0.453 e. The van der Waals surface area contributed by atoms with Crippen LogP contribution in [0.2, 0.25) is 0 Å².